The maximum Gasteiger partial charge on any atom is 0.191 e. The van der Waals surface area contributed by atoms with Crippen LogP contribution in [0.5, 0.6) is 0 Å². The van der Waals surface area contributed by atoms with Gasteiger partial charge >= 0.3 is 0 Å². The highest BCUT2D eigenvalue weighted by atomic mass is 15.3. The number of pyridine rings is 1. The third-order valence-electron chi connectivity index (χ3n) is 3.72. The Morgan fingerprint density at radius 3 is 3.05 bits per heavy atom. The number of anilines is 1. The van der Waals surface area contributed by atoms with Crippen molar-refractivity contribution in [3.05, 3.63) is 24.0 Å². The molecule has 110 valence electrons. The van der Waals surface area contributed by atoms with Gasteiger partial charge in [0.25, 0.3) is 0 Å². The van der Waals surface area contributed by atoms with Gasteiger partial charge in [-0.05, 0) is 30.9 Å². The minimum Gasteiger partial charge on any atom is -0.376 e. The molecule has 1 unspecified atom stereocenters. The molecule has 5 heteroatoms. The molecule has 0 aromatic carbocycles. The number of aliphatic imine (C=N–C) groups is 1. The summed E-state index contributed by atoms with van der Waals surface area (Å²) in [5, 5.41) is 0. The van der Waals surface area contributed by atoms with Crippen molar-refractivity contribution in [1.82, 2.24) is 9.88 Å². The molecular weight excluding hydrogens is 250 g/mol. The molecule has 1 aliphatic heterocycles. The number of piperidine rings is 1. The Labute approximate surface area is 121 Å². The van der Waals surface area contributed by atoms with Crippen molar-refractivity contribution in [2.75, 3.05) is 32.1 Å². The molecule has 1 fully saturated rings. The third-order valence-corrected chi connectivity index (χ3v) is 3.72. The van der Waals surface area contributed by atoms with Crippen molar-refractivity contribution in [3.8, 4) is 0 Å². The fourth-order valence-electron chi connectivity index (χ4n) is 2.61. The summed E-state index contributed by atoms with van der Waals surface area (Å²) in [5.41, 5.74) is 8.18. The van der Waals surface area contributed by atoms with Gasteiger partial charge in [0.15, 0.2) is 5.96 Å². The quantitative estimate of drug-likeness (QED) is 0.674. The Bertz CT molecular complexity index is 469. The lowest BCUT2D eigenvalue weighted by atomic mass is 10.0. The first kappa shape index (κ1) is 14.6. The van der Waals surface area contributed by atoms with E-state index in [9.17, 15) is 0 Å². The summed E-state index contributed by atoms with van der Waals surface area (Å²) in [6.07, 6.45) is 4.29. The second kappa shape index (κ2) is 6.59. The predicted octanol–water partition coefficient (Wildman–Crippen LogP) is 1.69. The van der Waals surface area contributed by atoms with E-state index < -0.39 is 0 Å². The lowest BCUT2D eigenvalue weighted by Gasteiger charge is -2.31. The molecule has 5 nitrogen and oxygen atoms in total. The first-order chi connectivity index (χ1) is 9.58. The van der Waals surface area contributed by atoms with Gasteiger partial charge in [0.2, 0.25) is 0 Å². The van der Waals surface area contributed by atoms with Crippen LogP contribution in [0.2, 0.25) is 0 Å². The minimum atomic E-state index is 0.533. The number of nitrogens with two attached hydrogens (primary N) is 1. The summed E-state index contributed by atoms with van der Waals surface area (Å²) in [6.45, 7) is 4.83. The Morgan fingerprint density at radius 2 is 2.35 bits per heavy atom. The normalized spacial score (nSPS) is 20.1. The highest BCUT2D eigenvalue weighted by Gasteiger charge is 2.17. The van der Waals surface area contributed by atoms with Crippen molar-refractivity contribution in [1.29, 1.82) is 0 Å². The molecule has 1 atom stereocenters. The zero-order chi connectivity index (χ0) is 14.5. The zero-order valence-electron chi connectivity index (χ0n) is 12.7. The van der Waals surface area contributed by atoms with E-state index in [1.54, 1.807) is 6.20 Å². The van der Waals surface area contributed by atoms with E-state index in [1.165, 1.54) is 12.8 Å². The largest absolute Gasteiger partial charge is 0.376 e. The summed E-state index contributed by atoms with van der Waals surface area (Å²) in [6, 6.07) is 4.00. The van der Waals surface area contributed by atoms with Crippen LogP contribution >= 0.6 is 0 Å². The Hall–Kier alpha value is -1.78. The molecule has 1 aromatic rings. The van der Waals surface area contributed by atoms with Crippen LogP contribution < -0.4 is 10.6 Å². The first-order valence-corrected chi connectivity index (χ1v) is 7.24. The summed E-state index contributed by atoms with van der Waals surface area (Å²) >= 11 is 0. The number of aromatic nitrogens is 1. The molecule has 2 N–H and O–H groups in total. The van der Waals surface area contributed by atoms with E-state index in [1.807, 2.05) is 20.2 Å². The molecule has 2 heterocycles. The van der Waals surface area contributed by atoms with E-state index in [0.29, 0.717) is 18.4 Å². The van der Waals surface area contributed by atoms with Crippen LogP contribution in [0.1, 0.15) is 25.5 Å². The van der Waals surface area contributed by atoms with Crippen molar-refractivity contribution >= 4 is 11.6 Å². The smallest absolute Gasteiger partial charge is 0.191 e. The molecule has 2 rings (SSSR count). The molecule has 1 aliphatic rings. The van der Waals surface area contributed by atoms with Gasteiger partial charge in [0.05, 0.1) is 17.9 Å². The highest BCUT2D eigenvalue weighted by Crippen LogP contribution is 2.17. The van der Waals surface area contributed by atoms with Crippen LogP contribution in [0.4, 0.5) is 5.69 Å². The van der Waals surface area contributed by atoms with E-state index in [-0.39, 0.29) is 0 Å². The SMILES string of the molecule is CC1CCCN(C(N)=NCc2ncccc2N(C)C)C1. The Kier molecular flexibility index (Phi) is 4.82. The number of likely N-dealkylation sites (tertiary alicyclic amines) is 1. The summed E-state index contributed by atoms with van der Waals surface area (Å²) < 4.78 is 0. The monoisotopic (exact) mass is 275 g/mol. The number of rotatable bonds is 3. The predicted molar refractivity (Wildman–Crippen MR) is 83.9 cm³/mol. The van der Waals surface area contributed by atoms with Crippen LogP contribution in [0.15, 0.2) is 23.3 Å². The van der Waals surface area contributed by atoms with Gasteiger partial charge in [-0.25, -0.2) is 4.99 Å². The van der Waals surface area contributed by atoms with Gasteiger partial charge in [-0.1, -0.05) is 6.92 Å². The lowest BCUT2D eigenvalue weighted by Crippen LogP contribution is -2.43. The topological polar surface area (TPSA) is 57.8 Å². The van der Waals surface area contributed by atoms with Crippen molar-refractivity contribution in [2.45, 2.75) is 26.3 Å². The van der Waals surface area contributed by atoms with Gasteiger partial charge in [-0.3, -0.25) is 4.98 Å². The summed E-state index contributed by atoms with van der Waals surface area (Å²) in [5.74, 6) is 1.34. The van der Waals surface area contributed by atoms with E-state index in [4.69, 9.17) is 5.73 Å². The molecular formula is C15H25N5. The van der Waals surface area contributed by atoms with Crippen molar-refractivity contribution < 1.29 is 0 Å². The number of nitrogens with zero attached hydrogens (tertiary/aromatic N) is 4. The van der Waals surface area contributed by atoms with Gasteiger partial charge in [0, 0.05) is 33.4 Å². The number of hydrogen-bond acceptors (Lipinski definition) is 3. The average Bonchev–Trinajstić information content (AvgIpc) is 2.45. The second-order valence-electron chi connectivity index (χ2n) is 5.73. The Balaban J connectivity index is 2.05. The van der Waals surface area contributed by atoms with Crippen molar-refractivity contribution in [2.24, 2.45) is 16.6 Å². The molecule has 0 saturated carbocycles. The molecule has 20 heavy (non-hydrogen) atoms. The maximum absolute atomic E-state index is 6.12. The maximum atomic E-state index is 6.12. The summed E-state index contributed by atoms with van der Waals surface area (Å²) in [7, 11) is 4.03. The molecule has 0 bridgehead atoms. The highest BCUT2D eigenvalue weighted by molar-refractivity contribution is 5.78. The van der Waals surface area contributed by atoms with E-state index >= 15 is 0 Å². The standard InChI is InChI=1S/C15H25N5/c1-12-6-5-9-20(11-12)15(16)18-10-13-14(19(2)3)7-4-8-17-13/h4,7-8,12H,5-6,9-11H2,1-3H3,(H2,16,18). The Morgan fingerprint density at radius 1 is 1.55 bits per heavy atom. The van der Waals surface area contributed by atoms with E-state index in [2.05, 4.69) is 32.8 Å². The molecule has 0 spiro atoms. The average molecular weight is 275 g/mol. The summed E-state index contributed by atoms with van der Waals surface area (Å²) in [4.78, 5) is 13.2. The van der Waals surface area contributed by atoms with Crippen molar-refractivity contribution in [3.63, 3.8) is 0 Å². The van der Waals surface area contributed by atoms with Gasteiger partial charge < -0.3 is 15.5 Å². The molecule has 0 amide bonds. The van der Waals surface area contributed by atoms with Crippen LogP contribution in [0.25, 0.3) is 0 Å². The van der Waals surface area contributed by atoms with Crippen LogP contribution in [-0.2, 0) is 6.54 Å². The molecule has 0 radical (unpaired) electrons. The third kappa shape index (κ3) is 3.62. The van der Waals surface area contributed by atoms with Gasteiger partial charge in [-0.2, -0.15) is 0 Å². The van der Waals surface area contributed by atoms with Crippen LogP contribution in [0.3, 0.4) is 0 Å². The fourth-order valence-corrected chi connectivity index (χ4v) is 2.61. The molecule has 1 saturated heterocycles. The lowest BCUT2D eigenvalue weighted by molar-refractivity contribution is 0.270. The second-order valence-corrected chi connectivity index (χ2v) is 5.73. The van der Waals surface area contributed by atoms with Gasteiger partial charge in [0.1, 0.15) is 0 Å². The molecule has 1 aromatic heterocycles. The van der Waals surface area contributed by atoms with E-state index in [0.717, 1.165) is 24.5 Å². The van der Waals surface area contributed by atoms with Crippen LogP contribution in [-0.4, -0.2) is 43.0 Å². The fraction of sp³-hybridized carbons (Fsp3) is 0.600. The minimum absolute atomic E-state index is 0.533. The number of guanidine groups is 1. The molecule has 0 aliphatic carbocycles. The van der Waals surface area contributed by atoms with Crippen LogP contribution in [0, 0.1) is 5.92 Å². The number of hydrogen-bond donors (Lipinski definition) is 1. The van der Waals surface area contributed by atoms with Gasteiger partial charge in [-0.15, -0.1) is 0 Å². The zero-order valence-corrected chi connectivity index (χ0v) is 12.7. The first-order valence-electron chi connectivity index (χ1n) is 7.24.